The van der Waals surface area contributed by atoms with Crippen LogP contribution in [-0.4, -0.2) is 42.1 Å². The zero-order valence-electron chi connectivity index (χ0n) is 13.7. The molecule has 0 fully saturated rings. The van der Waals surface area contributed by atoms with E-state index in [1.54, 1.807) is 7.11 Å². The fourth-order valence-corrected chi connectivity index (χ4v) is 2.63. The number of aliphatic hydroxyl groups excluding tert-OH is 1. The lowest BCUT2D eigenvalue weighted by Gasteiger charge is -2.13. The van der Waals surface area contributed by atoms with E-state index < -0.39 is 11.8 Å². The first-order chi connectivity index (χ1) is 12.1. The molecule has 2 aromatic rings. The second-order valence-electron chi connectivity index (χ2n) is 5.51. The number of hydrogen-bond acceptors (Lipinski definition) is 5. The number of ether oxygens (including phenoxy) is 1. The molecular formula is C19H18N2O4. The summed E-state index contributed by atoms with van der Waals surface area (Å²) in [6.07, 6.45) is 1.25. The van der Waals surface area contributed by atoms with Crippen LogP contribution in [0.4, 0.5) is 5.69 Å². The predicted octanol–water partition coefficient (Wildman–Crippen LogP) is 2.02. The standard InChI is InChI=1S/C19H18N2O4/c1-25-16-7-5-13(6-8-16)14-3-2-4-15(11-14)20-17-12-18(23)21(9-10-22)19(17)24/h2-8,11-12,20,22H,9-10H2,1H3. The van der Waals surface area contributed by atoms with Gasteiger partial charge in [-0.1, -0.05) is 24.3 Å². The molecule has 6 heteroatoms. The molecule has 0 saturated heterocycles. The van der Waals surface area contributed by atoms with E-state index >= 15 is 0 Å². The first-order valence-electron chi connectivity index (χ1n) is 7.82. The Morgan fingerprint density at radius 2 is 1.84 bits per heavy atom. The minimum Gasteiger partial charge on any atom is -0.497 e. The zero-order chi connectivity index (χ0) is 17.8. The Morgan fingerprint density at radius 3 is 2.52 bits per heavy atom. The van der Waals surface area contributed by atoms with Crippen molar-refractivity contribution >= 4 is 17.5 Å². The summed E-state index contributed by atoms with van der Waals surface area (Å²) in [5, 5.41) is 11.9. The van der Waals surface area contributed by atoms with E-state index in [-0.39, 0.29) is 18.8 Å². The van der Waals surface area contributed by atoms with Gasteiger partial charge in [-0.25, -0.2) is 0 Å². The van der Waals surface area contributed by atoms with Crippen LogP contribution in [0.15, 0.2) is 60.3 Å². The third kappa shape index (κ3) is 3.54. The summed E-state index contributed by atoms with van der Waals surface area (Å²) in [5.41, 5.74) is 2.88. The van der Waals surface area contributed by atoms with Crippen LogP contribution in [0.2, 0.25) is 0 Å². The van der Waals surface area contributed by atoms with Gasteiger partial charge in [0.2, 0.25) is 0 Å². The van der Waals surface area contributed by atoms with Crippen molar-refractivity contribution in [3.63, 3.8) is 0 Å². The van der Waals surface area contributed by atoms with Gasteiger partial charge >= 0.3 is 0 Å². The van der Waals surface area contributed by atoms with Gasteiger partial charge in [-0.3, -0.25) is 14.5 Å². The Labute approximate surface area is 145 Å². The monoisotopic (exact) mass is 338 g/mol. The summed E-state index contributed by atoms with van der Waals surface area (Å²) < 4.78 is 5.16. The molecule has 1 aliphatic heterocycles. The molecule has 6 nitrogen and oxygen atoms in total. The van der Waals surface area contributed by atoms with Gasteiger partial charge in [0.05, 0.1) is 20.3 Å². The summed E-state index contributed by atoms with van der Waals surface area (Å²) >= 11 is 0. The molecule has 0 atom stereocenters. The third-order valence-corrected chi connectivity index (χ3v) is 3.90. The highest BCUT2D eigenvalue weighted by atomic mass is 16.5. The number of hydrogen-bond donors (Lipinski definition) is 2. The number of methoxy groups -OCH3 is 1. The van der Waals surface area contributed by atoms with E-state index in [2.05, 4.69) is 5.32 Å². The SMILES string of the molecule is COc1ccc(-c2cccc(NC3=CC(=O)N(CCO)C3=O)c2)cc1. The van der Waals surface area contributed by atoms with E-state index in [1.807, 2.05) is 48.5 Å². The van der Waals surface area contributed by atoms with Crippen LogP contribution >= 0.6 is 0 Å². The Morgan fingerprint density at radius 1 is 1.08 bits per heavy atom. The number of benzene rings is 2. The van der Waals surface area contributed by atoms with Crippen LogP contribution in [0.5, 0.6) is 5.75 Å². The fraction of sp³-hybridized carbons (Fsp3) is 0.158. The van der Waals surface area contributed by atoms with Gasteiger partial charge in [-0.2, -0.15) is 0 Å². The number of carbonyl (C=O) groups is 2. The molecule has 0 saturated carbocycles. The molecule has 1 aliphatic rings. The van der Waals surface area contributed by atoms with Crippen molar-refractivity contribution in [1.29, 1.82) is 0 Å². The summed E-state index contributed by atoms with van der Waals surface area (Å²) in [6, 6.07) is 15.2. The second-order valence-corrected chi connectivity index (χ2v) is 5.51. The maximum absolute atomic E-state index is 12.2. The van der Waals surface area contributed by atoms with Crippen LogP contribution in [0, 0.1) is 0 Å². The van der Waals surface area contributed by atoms with Crippen molar-refractivity contribution < 1.29 is 19.4 Å². The number of amides is 2. The normalized spacial score (nSPS) is 13.8. The molecule has 0 unspecified atom stereocenters. The molecule has 0 aromatic heterocycles. The fourth-order valence-electron chi connectivity index (χ4n) is 2.63. The molecule has 0 radical (unpaired) electrons. The van der Waals surface area contributed by atoms with Gasteiger partial charge in [0, 0.05) is 11.8 Å². The molecule has 2 amide bonds. The first kappa shape index (κ1) is 16.7. The summed E-state index contributed by atoms with van der Waals surface area (Å²) in [5.74, 6) is -0.0796. The van der Waals surface area contributed by atoms with Crippen molar-refractivity contribution in [2.45, 2.75) is 0 Å². The number of nitrogens with zero attached hydrogens (tertiary/aromatic N) is 1. The zero-order valence-corrected chi connectivity index (χ0v) is 13.7. The quantitative estimate of drug-likeness (QED) is 0.788. The molecule has 25 heavy (non-hydrogen) atoms. The highest BCUT2D eigenvalue weighted by molar-refractivity contribution is 6.17. The lowest BCUT2D eigenvalue weighted by molar-refractivity contribution is -0.137. The summed E-state index contributed by atoms with van der Waals surface area (Å²) in [4.78, 5) is 25.0. The number of nitrogens with one attached hydrogen (secondary N) is 1. The summed E-state index contributed by atoms with van der Waals surface area (Å²) in [7, 11) is 1.62. The number of anilines is 1. The van der Waals surface area contributed by atoms with Crippen molar-refractivity contribution in [3.8, 4) is 16.9 Å². The minimum absolute atomic E-state index is 0.00870. The van der Waals surface area contributed by atoms with E-state index in [0.717, 1.165) is 21.8 Å². The van der Waals surface area contributed by atoms with Gasteiger partial charge in [0.15, 0.2) is 0 Å². The van der Waals surface area contributed by atoms with E-state index in [9.17, 15) is 9.59 Å². The molecule has 0 aliphatic carbocycles. The predicted molar refractivity (Wildman–Crippen MR) is 93.9 cm³/mol. The van der Waals surface area contributed by atoms with E-state index in [1.165, 1.54) is 6.08 Å². The van der Waals surface area contributed by atoms with E-state index in [0.29, 0.717) is 5.69 Å². The number of rotatable bonds is 6. The highest BCUT2D eigenvalue weighted by Gasteiger charge is 2.30. The van der Waals surface area contributed by atoms with Gasteiger partial charge in [0.1, 0.15) is 11.4 Å². The molecule has 2 aromatic carbocycles. The van der Waals surface area contributed by atoms with Gasteiger partial charge in [-0.05, 0) is 35.4 Å². The maximum atomic E-state index is 12.2. The molecule has 0 bridgehead atoms. The second kappa shape index (κ2) is 7.19. The van der Waals surface area contributed by atoms with E-state index in [4.69, 9.17) is 9.84 Å². The topological polar surface area (TPSA) is 78.9 Å². The average molecular weight is 338 g/mol. The Hall–Kier alpha value is -3.12. The molecule has 3 rings (SSSR count). The Balaban J connectivity index is 1.79. The van der Waals surface area contributed by atoms with Crippen LogP contribution in [0.1, 0.15) is 0 Å². The first-order valence-corrected chi connectivity index (χ1v) is 7.82. The molecule has 128 valence electrons. The molecule has 1 heterocycles. The van der Waals surface area contributed by atoms with Crippen molar-refractivity contribution in [3.05, 3.63) is 60.3 Å². The van der Waals surface area contributed by atoms with Gasteiger partial charge < -0.3 is 15.2 Å². The molecule has 0 spiro atoms. The maximum Gasteiger partial charge on any atom is 0.277 e. The number of aliphatic hydroxyl groups is 1. The highest BCUT2D eigenvalue weighted by Crippen LogP contribution is 2.26. The van der Waals surface area contributed by atoms with Gasteiger partial charge in [0.25, 0.3) is 11.8 Å². The Kier molecular flexibility index (Phi) is 4.81. The van der Waals surface area contributed by atoms with Crippen LogP contribution in [-0.2, 0) is 9.59 Å². The van der Waals surface area contributed by atoms with Crippen LogP contribution in [0.25, 0.3) is 11.1 Å². The molecular weight excluding hydrogens is 320 g/mol. The minimum atomic E-state index is -0.436. The van der Waals surface area contributed by atoms with Crippen molar-refractivity contribution in [1.82, 2.24) is 4.90 Å². The lowest BCUT2D eigenvalue weighted by atomic mass is 10.0. The Bertz CT molecular complexity index is 828. The van der Waals surface area contributed by atoms with Crippen LogP contribution < -0.4 is 10.1 Å². The average Bonchev–Trinajstić information content (AvgIpc) is 2.90. The van der Waals surface area contributed by atoms with Gasteiger partial charge in [-0.15, -0.1) is 0 Å². The largest absolute Gasteiger partial charge is 0.497 e. The van der Waals surface area contributed by atoms with Crippen LogP contribution in [0.3, 0.4) is 0 Å². The smallest absolute Gasteiger partial charge is 0.277 e. The van der Waals surface area contributed by atoms with Crippen molar-refractivity contribution in [2.24, 2.45) is 0 Å². The summed E-state index contributed by atoms with van der Waals surface area (Å²) in [6.45, 7) is -0.267. The number of carbonyl (C=O) groups excluding carboxylic acids is 2. The number of β-amino-alcohol motifs (C(OH)–C–C–N with tert-alkyl or cyclic N) is 1. The third-order valence-electron chi connectivity index (χ3n) is 3.90. The van der Waals surface area contributed by atoms with Crippen molar-refractivity contribution in [2.75, 3.05) is 25.6 Å². The molecule has 2 N–H and O–H groups in total. The lowest BCUT2D eigenvalue weighted by Crippen LogP contribution is -2.34. The number of imide groups is 1.